The second-order valence-electron chi connectivity index (χ2n) is 10.7. The summed E-state index contributed by atoms with van der Waals surface area (Å²) in [6.07, 6.45) is 1.16. The first kappa shape index (κ1) is 29.2. The number of rotatable bonds is 11. The number of hydrogen-bond acceptors (Lipinski definition) is 3. The molecule has 0 fully saturated rings. The molecule has 0 aliphatic carbocycles. The second-order valence-corrected chi connectivity index (χ2v) is 11.1. The van der Waals surface area contributed by atoms with Crippen LogP contribution in [0.25, 0.3) is 0 Å². The molecule has 3 aromatic rings. The molecular formula is C32H39ClN2O3. The Bertz CT molecular complexity index is 1210. The Morgan fingerprint density at radius 1 is 0.947 bits per heavy atom. The molecule has 3 rings (SSSR count). The highest BCUT2D eigenvalue weighted by Gasteiger charge is 2.32. The Balaban J connectivity index is 1.96. The Morgan fingerprint density at radius 3 is 2.24 bits per heavy atom. The van der Waals surface area contributed by atoms with Gasteiger partial charge in [0.2, 0.25) is 5.91 Å². The monoisotopic (exact) mass is 534 g/mol. The third kappa shape index (κ3) is 8.09. The van der Waals surface area contributed by atoms with Gasteiger partial charge in [0.1, 0.15) is 11.8 Å². The maximum Gasteiger partial charge on any atom is 0.261 e. The van der Waals surface area contributed by atoms with Crippen LogP contribution in [0.15, 0.2) is 78.9 Å². The topological polar surface area (TPSA) is 58.6 Å². The van der Waals surface area contributed by atoms with Gasteiger partial charge in [-0.1, -0.05) is 106 Å². The number of para-hydroxylation sites is 1. The third-order valence-corrected chi connectivity index (χ3v) is 6.99. The van der Waals surface area contributed by atoms with Crippen LogP contribution in [0.3, 0.4) is 0 Å². The largest absolute Gasteiger partial charge is 0.483 e. The summed E-state index contributed by atoms with van der Waals surface area (Å²) in [5.74, 6) is 0.183. The van der Waals surface area contributed by atoms with Gasteiger partial charge in [0.05, 0.1) is 0 Å². The maximum atomic E-state index is 13.9. The average molecular weight is 535 g/mol. The van der Waals surface area contributed by atoms with Crippen LogP contribution in [0.1, 0.15) is 57.7 Å². The van der Waals surface area contributed by atoms with Crippen LogP contribution < -0.4 is 10.1 Å². The van der Waals surface area contributed by atoms with E-state index in [2.05, 4.69) is 26.1 Å². The molecule has 0 spiro atoms. The maximum absolute atomic E-state index is 13.9. The smallest absolute Gasteiger partial charge is 0.261 e. The molecular weight excluding hydrogens is 496 g/mol. The van der Waals surface area contributed by atoms with Crippen molar-refractivity contribution in [3.8, 4) is 5.75 Å². The van der Waals surface area contributed by atoms with Gasteiger partial charge in [0.15, 0.2) is 6.61 Å². The number of hydrogen-bond donors (Lipinski definition) is 1. The molecule has 6 heteroatoms. The SMILES string of the molecule is CCC(C)NC(=O)C(Cc1ccccc1)N(Cc1ccccc1Cl)C(=O)COc1ccccc1C(C)(C)C. The summed E-state index contributed by atoms with van der Waals surface area (Å²) in [5.41, 5.74) is 2.60. The molecule has 0 aliphatic heterocycles. The van der Waals surface area contributed by atoms with Gasteiger partial charge in [-0.3, -0.25) is 9.59 Å². The molecule has 0 aliphatic rings. The number of amides is 2. The standard InChI is InChI=1S/C32H39ClN2O3/c1-6-23(2)34-31(37)28(20-24-14-8-7-9-15-24)35(21-25-16-10-12-18-27(25)33)30(36)22-38-29-19-13-11-17-26(29)32(3,4)5/h7-19,23,28H,6,20-22H2,1-5H3,(H,34,37). The number of carbonyl (C=O) groups excluding carboxylic acids is 2. The van der Waals surface area contributed by atoms with E-state index in [1.165, 1.54) is 0 Å². The number of ether oxygens (including phenoxy) is 1. The van der Waals surface area contributed by atoms with E-state index in [0.29, 0.717) is 17.2 Å². The predicted molar refractivity (Wildman–Crippen MR) is 154 cm³/mol. The number of nitrogens with zero attached hydrogens (tertiary/aromatic N) is 1. The first-order valence-corrected chi connectivity index (χ1v) is 13.6. The molecule has 2 amide bonds. The highest BCUT2D eigenvalue weighted by atomic mass is 35.5. The van der Waals surface area contributed by atoms with E-state index in [-0.39, 0.29) is 36.4 Å². The Labute approximate surface area is 232 Å². The highest BCUT2D eigenvalue weighted by Crippen LogP contribution is 2.31. The molecule has 5 nitrogen and oxygen atoms in total. The fraction of sp³-hybridized carbons (Fsp3) is 0.375. The van der Waals surface area contributed by atoms with Crippen molar-refractivity contribution in [1.29, 1.82) is 0 Å². The summed E-state index contributed by atoms with van der Waals surface area (Å²) < 4.78 is 6.10. The molecule has 0 aromatic heterocycles. The summed E-state index contributed by atoms with van der Waals surface area (Å²) in [6.45, 7) is 10.3. The van der Waals surface area contributed by atoms with E-state index in [1.54, 1.807) is 11.0 Å². The average Bonchev–Trinajstić information content (AvgIpc) is 2.90. The number of benzene rings is 3. The fourth-order valence-electron chi connectivity index (χ4n) is 4.24. The van der Waals surface area contributed by atoms with E-state index < -0.39 is 6.04 Å². The minimum absolute atomic E-state index is 0.0204. The van der Waals surface area contributed by atoms with E-state index in [4.69, 9.17) is 16.3 Å². The molecule has 1 N–H and O–H groups in total. The van der Waals surface area contributed by atoms with Crippen LogP contribution in [-0.2, 0) is 28.0 Å². The number of halogens is 1. The summed E-state index contributed by atoms with van der Waals surface area (Å²) in [5, 5.41) is 3.63. The lowest BCUT2D eigenvalue weighted by molar-refractivity contribution is -0.143. The van der Waals surface area contributed by atoms with Crippen molar-refractivity contribution in [1.82, 2.24) is 10.2 Å². The van der Waals surface area contributed by atoms with Crippen LogP contribution in [-0.4, -0.2) is 35.4 Å². The molecule has 0 saturated heterocycles. The third-order valence-electron chi connectivity index (χ3n) is 6.62. The summed E-state index contributed by atoms with van der Waals surface area (Å²) in [7, 11) is 0. The van der Waals surface area contributed by atoms with Crippen molar-refractivity contribution in [2.45, 2.75) is 71.5 Å². The molecule has 0 radical (unpaired) electrons. The quantitative estimate of drug-likeness (QED) is 0.302. The lowest BCUT2D eigenvalue weighted by atomic mass is 9.86. The minimum Gasteiger partial charge on any atom is -0.483 e. The van der Waals surface area contributed by atoms with Gasteiger partial charge in [-0.15, -0.1) is 0 Å². The van der Waals surface area contributed by atoms with Crippen LogP contribution in [0.2, 0.25) is 5.02 Å². The first-order valence-electron chi connectivity index (χ1n) is 13.2. The molecule has 0 saturated carbocycles. The summed E-state index contributed by atoms with van der Waals surface area (Å²) in [6, 6.07) is 24.1. The zero-order valence-electron chi connectivity index (χ0n) is 23.0. The molecule has 0 heterocycles. The molecule has 2 unspecified atom stereocenters. The van der Waals surface area contributed by atoms with Gasteiger partial charge >= 0.3 is 0 Å². The van der Waals surface area contributed by atoms with Crippen LogP contribution in [0.5, 0.6) is 5.75 Å². The lowest BCUT2D eigenvalue weighted by Gasteiger charge is -2.32. The van der Waals surface area contributed by atoms with E-state index in [0.717, 1.165) is 23.1 Å². The molecule has 2 atom stereocenters. The first-order chi connectivity index (χ1) is 18.1. The fourth-order valence-corrected chi connectivity index (χ4v) is 4.44. The van der Waals surface area contributed by atoms with E-state index in [1.807, 2.05) is 86.6 Å². The van der Waals surface area contributed by atoms with Crippen LogP contribution in [0, 0.1) is 0 Å². The number of nitrogens with one attached hydrogen (secondary N) is 1. The summed E-state index contributed by atoms with van der Waals surface area (Å²) in [4.78, 5) is 29.1. The van der Waals surface area contributed by atoms with Crippen LogP contribution >= 0.6 is 11.6 Å². The van der Waals surface area contributed by atoms with Gasteiger partial charge in [-0.05, 0) is 47.6 Å². The van der Waals surface area contributed by atoms with E-state index in [9.17, 15) is 9.59 Å². The van der Waals surface area contributed by atoms with E-state index >= 15 is 0 Å². The summed E-state index contributed by atoms with van der Waals surface area (Å²) >= 11 is 6.50. The molecule has 38 heavy (non-hydrogen) atoms. The highest BCUT2D eigenvalue weighted by molar-refractivity contribution is 6.31. The Kier molecular flexibility index (Phi) is 10.4. The predicted octanol–water partition coefficient (Wildman–Crippen LogP) is 6.57. The number of carbonyl (C=O) groups is 2. The molecule has 3 aromatic carbocycles. The second kappa shape index (κ2) is 13.5. The lowest BCUT2D eigenvalue weighted by Crippen LogP contribution is -2.53. The van der Waals surface area contributed by atoms with Crippen LogP contribution in [0.4, 0.5) is 0 Å². The minimum atomic E-state index is -0.739. The zero-order valence-corrected chi connectivity index (χ0v) is 23.8. The van der Waals surface area contributed by atoms with Crippen molar-refractivity contribution in [3.05, 3.63) is 101 Å². The normalized spacial score (nSPS) is 12.9. The van der Waals surface area contributed by atoms with Crippen molar-refractivity contribution in [2.75, 3.05) is 6.61 Å². The molecule has 202 valence electrons. The van der Waals surface area contributed by atoms with Crippen molar-refractivity contribution < 1.29 is 14.3 Å². The zero-order chi connectivity index (χ0) is 27.7. The Morgan fingerprint density at radius 2 is 1.58 bits per heavy atom. The van der Waals surface area contributed by atoms with Gasteiger partial charge in [-0.25, -0.2) is 0 Å². The Hall–Kier alpha value is -3.31. The van der Waals surface area contributed by atoms with Crippen molar-refractivity contribution in [3.63, 3.8) is 0 Å². The van der Waals surface area contributed by atoms with Gasteiger partial charge in [0, 0.05) is 24.0 Å². The van der Waals surface area contributed by atoms with Crippen molar-refractivity contribution in [2.24, 2.45) is 0 Å². The van der Waals surface area contributed by atoms with Gasteiger partial charge < -0.3 is 15.0 Å². The molecule has 0 bridgehead atoms. The van der Waals surface area contributed by atoms with Crippen molar-refractivity contribution >= 4 is 23.4 Å². The van der Waals surface area contributed by atoms with Gasteiger partial charge in [-0.2, -0.15) is 0 Å². The van der Waals surface area contributed by atoms with Gasteiger partial charge in [0.25, 0.3) is 5.91 Å².